The molecule has 0 spiro atoms. The molecule has 154 valence electrons. The minimum Gasteiger partial charge on any atom is -0.493 e. The molecule has 1 heterocycles. The maximum Gasteiger partial charge on any atom is 0.251 e. The van der Waals surface area contributed by atoms with Crippen LogP contribution in [0.15, 0.2) is 66.7 Å². The number of methoxy groups -OCH3 is 2. The molecular formula is C25H26N2O3. The first-order valence-corrected chi connectivity index (χ1v) is 10.1. The Hall–Kier alpha value is -3.47. The number of nitrogens with one attached hydrogen (secondary N) is 1. The lowest BCUT2D eigenvalue weighted by molar-refractivity contribution is 0.0951. The lowest BCUT2D eigenvalue weighted by Crippen LogP contribution is -2.23. The largest absolute Gasteiger partial charge is 0.493 e. The van der Waals surface area contributed by atoms with Gasteiger partial charge in [-0.2, -0.15) is 0 Å². The van der Waals surface area contributed by atoms with Gasteiger partial charge in [-0.25, -0.2) is 0 Å². The van der Waals surface area contributed by atoms with Gasteiger partial charge in [0.2, 0.25) is 0 Å². The van der Waals surface area contributed by atoms with E-state index in [9.17, 15) is 4.79 Å². The molecule has 4 rings (SSSR count). The third-order valence-electron chi connectivity index (χ3n) is 5.47. The first-order chi connectivity index (χ1) is 14.7. The van der Waals surface area contributed by atoms with Crippen molar-refractivity contribution in [3.8, 4) is 11.5 Å². The van der Waals surface area contributed by atoms with Crippen LogP contribution in [-0.2, 0) is 19.5 Å². The highest BCUT2D eigenvalue weighted by Gasteiger charge is 2.18. The summed E-state index contributed by atoms with van der Waals surface area (Å²) in [5.41, 5.74) is 5.52. The predicted molar refractivity (Wildman–Crippen MR) is 118 cm³/mol. The predicted octanol–water partition coefficient (Wildman–Crippen LogP) is 4.20. The van der Waals surface area contributed by atoms with E-state index in [1.807, 2.05) is 42.5 Å². The van der Waals surface area contributed by atoms with E-state index in [0.29, 0.717) is 23.6 Å². The second-order valence-electron chi connectivity index (χ2n) is 7.37. The number of para-hydroxylation sites is 1. The van der Waals surface area contributed by atoms with Crippen molar-refractivity contribution in [1.82, 2.24) is 5.32 Å². The number of nitrogens with zero attached hydrogens (tertiary/aromatic N) is 1. The molecule has 0 aliphatic carbocycles. The second-order valence-corrected chi connectivity index (χ2v) is 7.37. The SMILES string of the molecule is COc1ccc(CNC(=O)c2ccc(CN3CCc4ccccc43)cc2)cc1OC. The van der Waals surface area contributed by atoms with Crippen molar-refractivity contribution in [2.24, 2.45) is 0 Å². The highest BCUT2D eigenvalue weighted by Crippen LogP contribution is 2.29. The van der Waals surface area contributed by atoms with E-state index in [0.717, 1.165) is 25.1 Å². The molecule has 0 saturated carbocycles. The van der Waals surface area contributed by atoms with Crippen molar-refractivity contribution >= 4 is 11.6 Å². The molecule has 0 aromatic heterocycles. The third kappa shape index (κ3) is 4.25. The number of ether oxygens (including phenoxy) is 2. The molecule has 0 fully saturated rings. The van der Waals surface area contributed by atoms with Crippen molar-refractivity contribution in [1.29, 1.82) is 0 Å². The van der Waals surface area contributed by atoms with Crippen LogP contribution >= 0.6 is 0 Å². The average molecular weight is 402 g/mol. The van der Waals surface area contributed by atoms with Gasteiger partial charge in [0, 0.05) is 30.9 Å². The van der Waals surface area contributed by atoms with E-state index in [-0.39, 0.29) is 5.91 Å². The molecule has 1 aliphatic rings. The van der Waals surface area contributed by atoms with Crippen molar-refractivity contribution in [3.05, 3.63) is 89.0 Å². The number of amides is 1. The smallest absolute Gasteiger partial charge is 0.251 e. The van der Waals surface area contributed by atoms with E-state index in [2.05, 4.69) is 34.5 Å². The van der Waals surface area contributed by atoms with Gasteiger partial charge in [0.05, 0.1) is 14.2 Å². The van der Waals surface area contributed by atoms with Gasteiger partial charge in [0.1, 0.15) is 0 Å². The van der Waals surface area contributed by atoms with E-state index in [1.165, 1.54) is 16.8 Å². The van der Waals surface area contributed by atoms with Crippen molar-refractivity contribution in [3.63, 3.8) is 0 Å². The summed E-state index contributed by atoms with van der Waals surface area (Å²) >= 11 is 0. The van der Waals surface area contributed by atoms with Crippen LogP contribution in [0.25, 0.3) is 0 Å². The van der Waals surface area contributed by atoms with Crippen molar-refractivity contribution in [2.45, 2.75) is 19.5 Å². The van der Waals surface area contributed by atoms with E-state index in [1.54, 1.807) is 14.2 Å². The Labute approximate surface area is 177 Å². The van der Waals surface area contributed by atoms with Crippen molar-refractivity contribution in [2.75, 3.05) is 25.7 Å². The Morgan fingerprint density at radius 3 is 2.43 bits per heavy atom. The van der Waals surface area contributed by atoms with Gasteiger partial charge < -0.3 is 19.7 Å². The van der Waals surface area contributed by atoms with Crippen LogP contribution in [0.4, 0.5) is 5.69 Å². The number of hydrogen-bond acceptors (Lipinski definition) is 4. The molecule has 0 radical (unpaired) electrons. The Balaban J connectivity index is 1.35. The highest BCUT2D eigenvalue weighted by atomic mass is 16.5. The Morgan fingerprint density at radius 2 is 1.67 bits per heavy atom. The topological polar surface area (TPSA) is 50.8 Å². The monoisotopic (exact) mass is 402 g/mol. The Morgan fingerprint density at radius 1 is 0.933 bits per heavy atom. The number of benzene rings is 3. The lowest BCUT2D eigenvalue weighted by Gasteiger charge is -2.19. The zero-order valence-electron chi connectivity index (χ0n) is 17.4. The van der Waals surface area contributed by atoms with Gasteiger partial charge in [-0.05, 0) is 53.4 Å². The fourth-order valence-corrected chi connectivity index (χ4v) is 3.83. The standard InChI is InChI=1S/C25H26N2O3/c1-29-23-12-9-19(15-24(23)30-2)16-26-25(28)21-10-7-18(8-11-21)17-27-14-13-20-5-3-4-6-22(20)27/h3-12,15H,13-14,16-17H2,1-2H3,(H,26,28). The average Bonchev–Trinajstić information content (AvgIpc) is 3.20. The zero-order valence-corrected chi connectivity index (χ0v) is 17.4. The van der Waals surface area contributed by atoms with E-state index < -0.39 is 0 Å². The Bertz CT molecular complexity index is 1030. The minimum atomic E-state index is -0.0946. The summed E-state index contributed by atoms with van der Waals surface area (Å²) in [6, 6.07) is 22.0. The normalized spacial score (nSPS) is 12.4. The summed E-state index contributed by atoms with van der Waals surface area (Å²) in [4.78, 5) is 14.9. The van der Waals surface area contributed by atoms with Crippen LogP contribution in [0.1, 0.15) is 27.0 Å². The van der Waals surface area contributed by atoms with E-state index >= 15 is 0 Å². The van der Waals surface area contributed by atoms with E-state index in [4.69, 9.17) is 9.47 Å². The van der Waals surface area contributed by atoms with Crippen LogP contribution in [-0.4, -0.2) is 26.7 Å². The summed E-state index contributed by atoms with van der Waals surface area (Å²) in [6.07, 6.45) is 1.09. The molecule has 0 atom stereocenters. The van der Waals surface area contributed by atoms with Gasteiger partial charge in [0.15, 0.2) is 11.5 Å². The number of carbonyl (C=O) groups is 1. The van der Waals surface area contributed by atoms with Crippen molar-refractivity contribution < 1.29 is 14.3 Å². The van der Waals surface area contributed by atoms with Gasteiger partial charge in [-0.3, -0.25) is 4.79 Å². The molecule has 3 aromatic rings. The van der Waals surface area contributed by atoms with Crippen LogP contribution in [0.2, 0.25) is 0 Å². The van der Waals surface area contributed by atoms with Crippen LogP contribution in [0, 0.1) is 0 Å². The molecule has 30 heavy (non-hydrogen) atoms. The maximum absolute atomic E-state index is 12.5. The van der Waals surface area contributed by atoms with Crippen LogP contribution in [0.3, 0.4) is 0 Å². The fourth-order valence-electron chi connectivity index (χ4n) is 3.83. The van der Waals surface area contributed by atoms with Gasteiger partial charge in [0.25, 0.3) is 5.91 Å². The molecule has 0 bridgehead atoms. The summed E-state index contributed by atoms with van der Waals surface area (Å²) in [7, 11) is 3.20. The number of fused-ring (bicyclic) bond motifs is 1. The molecule has 1 aliphatic heterocycles. The number of rotatable bonds is 7. The lowest BCUT2D eigenvalue weighted by atomic mass is 10.1. The second kappa shape index (κ2) is 8.91. The van der Waals surface area contributed by atoms with Crippen LogP contribution < -0.4 is 19.7 Å². The molecule has 1 amide bonds. The summed E-state index contributed by atoms with van der Waals surface area (Å²) < 4.78 is 10.6. The zero-order chi connectivity index (χ0) is 20.9. The summed E-state index contributed by atoms with van der Waals surface area (Å²) in [5.74, 6) is 1.23. The number of carbonyl (C=O) groups excluding carboxylic acids is 1. The van der Waals surface area contributed by atoms with Gasteiger partial charge in [-0.15, -0.1) is 0 Å². The fraction of sp³-hybridized carbons (Fsp3) is 0.240. The van der Waals surface area contributed by atoms with Crippen LogP contribution in [0.5, 0.6) is 11.5 Å². The molecule has 0 saturated heterocycles. The molecule has 1 N–H and O–H groups in total. The molecular weight excluding hydrogens is 376 g/mol. The summed E-state index contributed by atoms with van der Waals surface area (Å²) in [5, 5.41) is 2.96. The molecule has 5 nitrogen and oxygen atoms in total. The summed E-state index contributed by atoms with van der Waals surface area (Å²) in [6.45, 7) is 2.31. The first-order valence-electron chi connectivity index (χ1n) is 10.1. The third-order valence-corrected chi connectivity index (χ3v) is 5.47. The molecule has 0 unspecified atom stereocenters. The molecule has 3 aromatic carbocycles. The number of hydrogen-bond donors (Lipinski definition) is 1. The molecule has 5 heteroatoms. The minimum absolute atomic E-state index is 0.0946. The first kappa shape index (κ1) is 19.8. The Kier molecular flexibility index (Phi) is 5.89. The van der Waals surface area contributed by atoms with Gasteiger partial charge in [-0.1, -0.05) is 36.4 Å². The number of anilines is 1. The van der Waals surface area contributed by atoms with Gasteiger partial charge >= 0.3 is 0 Å². The maximum atomic E-state index is 12.5. The highest BCUT2D eigenvalue weighted by molar-refractivity contribution is 5.94. The quantitative estimate of drug-likeness (QED) is 0.644.